The fourth-order valence-electron chi connectivity index (χ4n) is 2.63. The van der Waals surface area contributed by atoms with Crippen molar-refractivity contribution in [2.45, 2.75) is 25.3 Å². The predicted molar refractivity (Wildman–Crippen MR) is 79.0 cm³/mol. The molecule has 1 unspecified atom stereocenters. The van der Waals surface area contributed by atoms with Crippen molar-refractivity contribution in [1.29, 1.82) is 0 Å². The van der Waals surface area contributed by atoms with Crippen molar-refractivity contribution in [1.82, 2.24) is 10.3 Å². The normalized spacial score (nSPS) is 17.4. The van der Waals surface area contributed by atoms with Crippen LogP contribution >= 0.6 is 11.6 Å². The fourth-order valence-corrected chi connectivity index (χ4v) is 2.81. The lowest BCUT2D eigenvalue weighted by Crippen LogP contribution is -2.38. The molecule has 1 aliphatic carbocycles. The van der Waals surface area contributed by atoms with E-state index in [2.05, 4.69) is 28.5 Å². The lowest BCUT2D eigenvalue weighted by molar-refractivity contribution is 0.0933. The van der Waals surface area contributed by atoms with E-state index in [4.69, 9.17) is 11.6 Å². The lowest BCUT2D eigenvalue weighted by atomic mass is 9.88. The number of carbonyl (C=O) groups excluding carboxylic acids is 1. The molecule has 0 fully saturated rings. The van der Waals surface area contributed by atoms with Crippen LogP contribution in [-0.2, 0) is 12.8 Å². The van der Waals surface area contributed by atoms with Gasteiger partial charge in [-0.2, -0.15) is 0 Å². The molecule has 0 radical (unpaired) electrons. The van der Waals surface area contributed by atoms with E-state index in [1.165, 1.54) is 11.1 Å². The number of benzene rings is 1. The Morgan fingerprint density at radius 2 is 2.05 bits per heavy atom. The van der Waals surface area contributed by atoms with Crippen molar-refractivity contribution in [2.75, 3.05) is 0 Å². The summed E-state index contributed by atoms with van der Waals surface area (Å²) in [5, 5.41) is 3.42. The van der Waals surface area contributed by atoms with Crippen LogP contribution in [-0.4, -0.2) is 16.9 Å². The first kappa shape index (κ1) is 13.1. The SMILES string of the molecule is O=C(NC1CCc2ccccc2C1)c1ccnc(Cl)c1. The topological polar surface area (TPSA) is 42.0 Å². The summed E-state index contributed by atoms with van der Waals surface area (Å²) in [6.07, 6.45) is 4.42. The van der Waals surface area contributed by atoms with Crippen LogP contribution in [0.5, 0.6) is 0 Å². The van der Waals surface area contributed by atoms with Crippen LogP contribution in [0.4, 0.5) is 0 Å². The Kier molecular flexibility index (Phi) is 3.70. The Morgan fingerprint density at radius 1 is 1.25 bits per heavy atom. The number of nitrogens with one attached hydrogen (secondary N) is 1. The van der Waals surface area contributed by atoms with E-state index in [-0.39, 0.29) is 11.9 Å². The van der Waals surface area contributed by atoms with Gasteiger partial charge in [0.1, 0.15) is 5.15 Å². The zero-order valence-corrected chi connectivity index (χ0v) is 11.7. The number of nitrogens with zero attached hydrogens (tertiary/aromatic N) is 1. The molecule has 20 heavy (non-hydrogen) atoms. The highest BCUT2D eigenvalue weighted by Crippen LogP contribution is 2.21. The Bertz CT molecular complexity index is 642. The highest BCUT2D eigenvalue weighted by Gasteiger charge is 2.20. The summed E-state index contributed by atoms with van der Waals surface area (Å²) in [6.45, 7) is 0. The number of halogens is 1. The maximum Gasteiger partial charge on any atom is 0.251 e. The second-order valence-electron chi connectivity index (χ2n) is 5.05. The van der Waals surface area contributed by atoms with Gasteiger partial charge in [0, 0.05) is 17.8 Å². The summed E-state index contributed by atoms with van der Waals surface area (Å²) in [6, 6.07) is 11.9. The monoisotopic (exact) mass is 286 g/mol. The van der Waals surface area contributed by atoms with E-state index in [0.29, 0.717) is 10.7 Å². The first-order valence-electron chi connectivity index (χ1n) is 6.71. The van der Waals surface area contributed by atoms with Gasteiger partial charge in [-0.3, -0.25) is 4.79 Å². The maximum absolute atomic E-state index is 12.2. The molecule has 0 bridgehead atoms. The van der Waals surface area contributed by atoms with E-state index in [1.807, 2.05) is 6.07 Å². The largest absolute Gasteiger partial charge is 0.349 e. The molecule has 1 N–H and O–H groups in total. The molecule has 0 aliphatic heterocycles. The lowest BCUT2D eigenvalue weighted by Gasteiger charge is -2.25. The molecule has 1 atom stereocenters. The molecule has 0 spiro atoms. The summed E-state index contributed by atoms with van der Waals surface area (Å²) in [5.41, 5.74) is 3.28. The number of aryl methyl sites for hydroxylation is 1. The number of carbonyl (C=O) groups is 1. The van der Waals surface area contributed by atoms with E-state index in [1.54, 1.807) is 18.3 Å². The van der Waals surface area contributed by atoms with Crippen LogP contribution in [0.2, 0.25) is 5.15 Å². The van der Waals surface area contributed by atoms with Crippen molar-refractivity contribution in [2.24, 2.45) is 0 Å². The second kappa shape index (κ2) is 5.63. The minimum absolute atomic E-state index is 0.0846. The van der Waals surface area contributed by atoms with Crippen molar-refractivity contribution in [3.05, 3.63) is 64.4 Å². The van der Waals surface area contributed by atoms with Crippen LogP contribution in [0.1, 0.15) is 27.9 Å². The molecule has 1 aliphatic rings. The maximum atomic E-state index is 12.2. The van der Waals surface area contributed by atoms with Crippen LogP contribution in [0, 0.1) is 0 Å². The minimum Gasteiger partial charge on any atom is -0.349 e. The summed E-state index contributed by atoms with van der Waals surface area (Å²) < 4.78 is 0. The first-order chi connectivity index (χ1) is 9.72. The third-order valence-corrected chi connectivity index (χ3v) is 3.88. The number of hydrogen-bond acceptors (Lipinski definition) is 2. The standard InChI is InChI=1S/C16H15ClN2O/c17-15-10-13(7-8-18-15)16(20)19-14-6-5-11-3-1-2-4-12(11)9-14/h1-4,7-8,10,14H,5-6,9H2,(H,19,20). The molecular formula is C16H15ClN2O. The van der Waals surface area contributed by atoms with Gasteiger partial charge in [-0.25, -0.2) is 4.98 Å². The van der Waals surface area contributed by atoms with Gasteiger partial charge in [0.15, 0.2) is 0 Å². The summed E-state index contributed by atoms with van der Waals surface area (Å²) >= 11 is 5.81. The molecule has 3 rings (SSSR count). The number of rotatable bonds is 2. The molecule has 3 nitrogen and oxygen atoms in total. The van der Waals surface area contributed by atoms with Gasteiger partial charge < -0.3 is 5.32 Å². The van der Waals surface area contributed by atoms with Gasteiger partial charge in [0.2, 0.25) is 0 Å². The van der Waals surface area contributed by atoms with Gasteiger partial charge >= 0.3 is 0 Å². The molecule has 1 amide bonds. The van der Waals surface area contributed by atoms with Gasteiger partial charge in [-0.1, -0.05) is 35.9 Å². The van der Waals surface area contributed by atoms with Gasteiger partial charge in [-0.15, -0.1) is 0 Å². The van der Waals surface area contributed by atoms with Crippen LogP contribution in [0.25, 0.3) is 0 Å². The van der Waals surface area contributed by atoms with E-state index < -0.39 is 0 Å². The molecule has 4 heteroatoms. The smallest absolute Gasteiger partial charge is 0.251 e. The Morgan fingerprint density at radius 3 is 2.85 bits per heavy atom. The van der Waals surface area contributed by atoms with Crippen molar-refractivity contribution >= 4 is 17.5 Å². The van der Waals surface area contributed by atoms with Crippen LogP contribution in [0.15, 0.2) is 42.6 Å². The van der Waals surface area contributed by atoms with Crippen molar-refractivity contribution < 1.29 is 4.79 Å². The quantitative estimate of drug-likeness (QED) is 0.862. The molecule has 1 heterocycles. The molecule has 2 aromatic rings. The van der Waals surface area contributed by atoms with Gasteiger partial charge in [0.05, 0.1) is 0 Å². The highest BCUT2D eigenvalue weighted by atomic mass is 35.5. The molecule has 1 aromatic carbocycles. The average Bonchev–Trinajstić information content (AvgIpc) is 2.47. The average molecular weight is 287 g/mol. The van der Waals surface area contributed by atoms with E-state index in [0.717, 1.165) is 19.3 Å². The van der Waals surface area contributed by atoms with Gasteiger partial charge in [-0.05, 0) is 42.5 Å². The Balaban J connectivity index is 1.69. The predicted octanol–water partition coefficient (Wildman–Crippen LogP) is 3.02. The number of pyridine rings is 1. The third-order valence-electron chi connectivity index (χ3n) is 3.67. The van der Waals surface area contributed by atoms with Crippen molar-refractivity contribution in [3.8, 4) is 0 Å². The Labute approximate surface area is 123 Å². The summed E-state index contributed by atoms with van der Waals surface area (Å²) in [5.74, 6) is -0.0846. The number of hydrogen-bond donors (Lipinski definition) is 1. The summed E-state index contributed by atoms with van der Waals surface area (Å²) in [7, 11) is 0. The summed E-state index contributed by atoms with van der Waals surface area (Å²) in [4.78, 5) is 16.1. The zero-order chi connectivity index (χ0) is 13.9. The first-order valence-corrected chi connectivity index (χ1v) is 7.09. The molecular weight excluding hydrogens is 272 g/mol. The highest BCUT2D eigenvalue weighted by molar-refractivity contribution is 6.29. The third kappa shape index (κ3) is 2.83. The zero-order valence-electron chi connectivity index (χ0n) is 11.0. The van der Waals surface area contributed by atoms with Crippen LogP contribution in [0.3, 0.4) is 0 Å². The molecule has 0 saturated heterocycles. The number of fused-ring (bicyclic) bond motifs is 1. The number of amides is 1. The molecule has 1 aromatic heterocycles. The van der Waals surface area contributed by atoms with Crippen molar-refractivity contribution in [3.63, 3.8) is 0 Å². The molecule has 0 saturated carbocycles. The molecule has 102 valence electrons. The van der Waals surface area contributed by atoms with E-state index >= 15 is 0 Å². The van der Waals surface area contributed by atoms with Gasteiger partial charge in [0.25, 0.3) is 5.91 Å². The fraction of sp³-hybridized carbons (Fsp3) is 0.250. The number of aromatic nitrogens is 1. The van der Waals surface area contributed by atoms with E-state index in [9.17, 15) is 4.79 Å². The minimum atomic E-state index is -0.0846. The van der Waals surface area contributed by atoms with Crippen LogP contribution < -0.4 is 5.32 Å². The second-order valence-corrected chi connectivity index (χ2v) is 5.44. The Hall–Kier alpha value is -1.87.